The fourth-order valence-corrected chi connectivity index (χ4v) is 3.64. The fourth-order valence-electron chi connectivity index (χ4n) is 2.83. The summed E-state index contributed by atoms with van der Waals surface area (Å²) in [6, 6.07) is 15.0. The Bertz CT molecular complexity index is 1030. The average molecular weight is 382 g/mol. The van der Waals surface area contributed by atoms with Crippen molar-refractivity contribution in [3.8, 4) is 0 Å². The van der Waals surface area contributed by atoms with Crippen LogP contribution >= 0.6 is 11.8 Å². The van der Waals surface area contributed by atoms with Gasteiger partial charge in [0, 0.05) is 12.2 Å². The van der Waals surface area contributed by atoms with E-state index in [9.17, 15) is 9.59 Å². The molecule has 0 bridgehead atoms. The second kappa shape index (κ2) is 8.39. The molecule has 6 heteroatoms. The van der Waals surface area contributed by atoms with E-state index in [1.165, 1.54) is 11.8 Å². The maximum Gasteiger partial charge on any atom is 0.262 e. The monoisotopic (exact) mass is 381 g/mol. The first-order valence-corrected chi connectivity index (χ1v) is 9.91. The van der Waals surface area contributed by atoms with E-state index in [2.05, 4.69) is 24.1 Å². The second-order valence-corrected chi connectivity index (χ2v) is 7.87. The van der Waals surface area contributed by atoms with Gasteiger partial charge in [0.2, 0.25) is 5.91 Å². The lowest BCUT2D eigenvalue weighted by Gasteiger charge is -2.15. The van der Waals surface area contributed by atoms with Gasteiger partial charge < -0.3 is 5.32 Å². The highest BCUT2D eigenvalue weighted by molar-refractivity contribution is 7.99. The molecule has 27 heavy (non-hydrogen) atoms. The summed E-state index contributed by atoms with van der Waals surface area (Å²) in [5.41, 5.74) is 2.45. The quantitative estimate of drug-likeness (QED) is 0.516. The summed E-state index contributed by atoms with van der Waals surface area (Å²) in [5, 5.41) is 4.07. The van der Waals surface area contributed by atoms with Crippen molar-refractivity contribution in [2.24, 2.45) is 5.92 Å². The first-order chi connectivity index (χ1) is 12.9. The van der Waals surface area contributed by atoms with Crippen LogP contribution in [0.15, 0.2) is 58.5 Å². The number of thioether (sulfide) groups is 1. The third-order valence-corrected chi connectivity index (χ3v) is 4.98. The van der Waals surface area contributed by atoms with E-state index in [-0.39, 0.29) is 17.2 Å². The minimum absolute atomic E-state index is 0.0594. The summed E-state index contributed by atoms with van der Waals surface area (Å²) >= 11 is 1.29. The molecular formula is C21H23N3O2S. The van der Waals surface area contributed by atoms with Crippen molar-refractivity contribution >= 4 is 34.3 Å². The molecule has 0 saturated carbocycles. The highest BCUT2D eigenvalue weighted by Gasteiger charge is 2.14. The molecule has 5 nitrogen and oxygen atoms in total. The average Bonchev–Trinajstić information content (AvgIpc) is 2.62. The summed E-state index contributed by atoms with van der Waals surface area (Å²) in [6.07, 6.45) is 0. The normalized spacial score (nSPS) is 11.1. The molecule has 1 heterocycles. The Morgan fingerprint density at radius 1 is 1.19 bits per heavy atom. The molecular weight excluding hydrogens is 358 g/mol. The number of benzene rings is 2. The Hall–Kier alpha value is -2.60. The molecule has 3 rings (SSSR count). The van der Waals surface area contributed by atoms with E-state index in [0.29, 0.717) is 28.5 Å². The van der Waals surface area contributed by atoms with E-state index in [1.54, 1.807) is 10.6 Å². The SMILES string of the molecule is Cc1cccc(NC(=O)CSc2nc3ccccc3c(=O)n2CC(C)C)c1. The predicted octanol–water partition coefficient (Wildman–Crippen LogP) is 4.09. The van der Waals surface area contributed by atoms with Gasteiger partial charge in [-0.1, -0.05) is 49.9 Å². The van der Waals surface area contributed by atoms with Gasteiger partial charge in [-0.2, -0.15) is 0 Å². The number of para-hydroxylation sites is 1. The zero-order chi connectivity index (χ0) is 19.4. The number of carbonyl (C=O) groups is 1. The van der Waals surface area contributed by atoms with Crippen LogP contribution in [0, 0.1) is 12.8 Å². The predicted molar refractivity (Wildman–Crippen MR) is 111 cm³/mol. The van der Waals surface area contributed by atoms with Gasteiger partial charge in [-0.15, -0.1) is 0 Å². The first kappa shape index (κ1) is 19.2. The number of aromatic nitrogens is 2. The molecule has 0 atom stereocenters. The van der Waals surface area contributed by atoms with Gasteiger partial charge >= 0.3 is 0 Å². The van der Waals surface area contributed by atoms with Crippen molar-refractivity contribution in [1.29, 1.82) is 0 Å². The molecule has 140 valence electrons. The number of hydrogen-bond donors (Lipinski definition) is 1. The van der Waals surface area contributed by atoms with Gasteiger partial charge in [-0.3, -0.25) is 14.2 Å². The minimum atomic E-state index is -0.121. The number of amides is 1. The largest absolute Gasteiger partial charge is 0.325 e. The van der Waals surface area contributed by atoms with Crippen molar-refractivity contribution in [3.63, 3.8) is 0 Å². The van der Waals surface area contributed by atoms with Crippen LogP contribution < -0.4 is 10.9 Å². The zero-order valence-electron chi connectivity index (χ0n) is 15.7. The van der Waals surface area contributed by atoms with Crippen LogP contribution in [0.4, 0.5) is 5.69 Å². The molecule has 0 radical (unpaired) electrons. The lowest BCUT2D eigenvalue weighted by atomic mass is 10.2. The molecule has 1 amide bonds. The van der Waals surface area contributed by atoms with Gasteiger partial charge in [0.15, 0.2) is 5.16 Å². The Balaban J connectivity index is 1.82. The number of nitrogens with zero attached hydrogens (tertiary/aromatic N) is 2. The van der Waals surface area contributed by atoms with Crippen LogP contribution in [0.5, 0.6) is 0 Å². The number of anilines is 1. The molecule has 1 N–H and O–H groups in total. The van der Waals surface area contributed by atoms with Crippen LogP contribution in [-0.2, 0) is 11.3 Å². The molecule has 0 aliphatic rings. The smallest absolute Gasteiger partial charge is 0.262 e. The number of carbonyl (C=O) groups excluding carboxylic acids is 1. The molecule has 3 aromatic rings. The number of nitrogens with one attached hydrogen (secondary N) is 1. The Labute approximate surface area is 162 Å². The number of hydrogen-bond acceptors (Lipinski definition) is 4. The Morgan fingerprint density at radius 2 is 1.96 bits per heavy atom. The molecule has 0 aliphatic heterocycles. The third-order valence-electron chi connectivity index (χ3n) is 4.01. The van der Waals surface area contributed by atoms with E-state index < -0.39 is 0 Å². The van der Waals surface area contributed by atoms with Crippen LogP contribution in [0.25, 0.3) is 10.9 Å². The van der Waals surface area contributed by atoms with Gasteiger partial charge in [0.05, 0.1) is 16.7 Å². The molecule has 0 unspecified atom stereocenters. The summed E-state index contributed by atoms with van der Waals surface area (Å²) in [5.74, 6) is 0.367. The highest BCUT2D eigenvalue weighted by atomic mass is 32.2. The van der Waals surface area contributed by atoms with Crippen molar-refractivity contribution in [3.05, 3.63) is 64.4 Å². The van der Waals surface area contributed by atoms with Gasteiger partial charge in [0.1, 0.15) is 0 Å². The van der Waals surface area contributed by atoms with Crippen LogP contribution in [0.2, 0.25) is 0 Å². The lowest BCUT2D eigenvalue weighted by molar-refractivity contribution is -0.113. The van der Waals surface area contributed by atoms with Crippen LogP contribution in [-0.4, -0.2) is 21.2 Å². The van der Waals surface area contributed by atoms with E-state index >= 15 is 0 Å². The maximum absolute atomic E-state index is 12.9. The minimum Gasteiger partial charge on any atom is -0.325 e. The summed E-state index contributed by atoms with van der Waals surface area (Å²) in [7, 11) is 0. The van der Waals surface area contributed by atoms with Gasteiger partial charge in [-0.05, 0) is 42.7 Å². The maximum atomic E-state index is 12.9. The van der Waals surface area contributed by atoms with Gasteiger partial charge in [0.25, 0.3) is 5.56 Å². The molecule has 0 spiro atoms. The third kappa shape index (κ3) is 4.77. The lowest BCUT2D eigenvalue weighted by Crippen LogP contribution is -2.26. The summed E-state index contributed by atoms with van der Waals surface area (Å²) in [4.78, 5) is 29.8. The molecule has 1 aromatic heterocycles. The Kier molecular flexibility index (Phi) is 5.96. The van der Waals surface area contributed by atoms with E-state index in [0.717, 1.165) is 11.3 Å². The van der Waals surface area contributed by atoms with Crippen molar-refractivity contribution in [2.45, 2.75) is 32.5 Å². The highest BCUT2D eigenvalue weighted by Crippen LogP contribution is 2.19. The van der Waals surface area contributed by atoms with Crippen molar-refractivity contribution < 1.29 is 4.79 Å². The first-order valence-electron chi connectivity index (χ1n) is 8.93. The van der Waals surface area contributed by atoms with Crippen LogP contribution in [0.3, 0.4) is 0 Å². The fraction of sp³-hybridized carbons (Fsp3) is 0.286. The summed E-state index contributed by atoms with van der Waals surface area (Å²) in [6.45, 7) is 6.66. The van der Waals surface area contributed by atoms with Crippen molar-refractivity contribution in [1.82, 2.24) is 9.55 Å². The zero-order valence-corrected chi connectivity index (χ0v) is 16.5. The van der Waals surface area contributed by atoms with Gasteiger partial charge in [-0.25, -0.2) is 4.98 Å². The molecule has 0 aliphatic carbocycles. The van der Waals surface area contributed by atoms with E-state index in [4.69, 9.17) is 0 Å². The number of rotatable bonds is 6. The van der Waals surface area contributed by atoms with Crippen molar-refractivity contribution in [2.75, 3.05) is 11.1 Å². The Morgan fingerprint density at radius 3 is 2.70 bits per heavy atom. The molecule has 2 aromatic carbocycles. The summed E-state index contributed by atoms with van der Waals surface area (Å²) < 4.78 is 1.68. The topological polar surface area (TPSA) is 64.0 Å². The van der Waals surface area contributed by atoms with Crippen LogP contribution in [0.1, 0.15) is 19.4 Å². The second-order valence-electron chi connectivity index (χ2n) is 6.93. The number of fused-ring (bicyclic) bond motifs is 1. The molecule has 0 saturated heterocycles. The number of aryl methyl sites for hydroxylation is 1. The molecule has 0 fully saturated rings. The standard InChI is InChI=1S/C21H23N3O2S/c1-14(2)12-24-20(26)17-9-4-5-10-18(17)23-21(24)27-13-19(25)22-16-8-6-7-15(3)11-16/h4-11,14H,12-13H2,1-3H3,(H,22,25). The van der Waals surface area contributed by atoms with E-state index in [1.807, 2.05) is 49.4 Å².